The fraction of sp³-hybridized carbons (Fsp3) is 0.286. The first kappa shape index (κ1) is 20.3. The molecule has 4 rings (SSSR count). The molecule has 1 fully saturated rings. The zero-order valence-electron chi connectivity index (χ0n) is 15.5. The highest BCUT2D eigenvalue weighted by Crippen LogP contribution is 2.46. The largest absolute Gasteiger partial charge is 0.481 e. The molecule has 0 amide bonds. The van der Waals surface area contributed by atoms with Crippen LogP contribution in [0, 0.1) is 0 Å². The van der Waals surface area contributed by atoms with Crippen LogP contribution in [0.25, 0.3) is 0 Å². The number of benzene rings is 2. The summed E-state index contributed by atoms with van der Waals surface area (Å²) in [5, 5.41) is 11.1. The van der Waals surface area contributed by atoms with Crippen molar-refractivity contribution in [3.8, 4) is 0 Å². The quantitative estimate of drug-likeness (QED) is 0.620. The topological polar surface area (TPSA) is 65.3 Å². The molecule has 0 unspecified atom stereocenters. The molecular weight excluding hydrogens is 429 g/mol. The summed E-state index contributed by atoms with van der Waals surface area (Å²) in [4.78, 5) is 23.0. The van der Waals surface area contributed by atoms with Gasteiger partial charge in [0.25, 0.3) is 0 Å². The lowest BCUT2D eigenvalue weighted by Gasteiger charge is -2.36. The van der Waals surface area contributed by atoms with Gasteiger partial charge in [-0.05, 0) is 55.3 Å². The van der Waals surface area contributed by atoms with E-state index in [-0.39, 0.29) is 5.75 Å². The van der Waals surface area contributed by atoms with Crippen molar-refractivity contribution in [2.45, 2.75) is 31.2 Å². The van der Waals surface area contributed by atoms with E-state index in [0.29, 0.717) is 21.0 Å². The summed E-state index contributed by atoms with van der Waals surface area (Å²) in [5.41, 5.74) is 1.28. The van der Waals surface area contributed by atoms with Crippen LogP contribution in [0.1, 0.15) is 25.7 Å². The van der Waals surface area contributed by atoms with Crippen molar-refractivity contribution in [3.63, 3.8) is 0 Å². The molecule has 1 heterocycles. The first-order valence-corrected chi connectivity index (χ1v) is 11.1. The van der Waals surface area contributed by atoms with Crippen LogP contribution in [0.5, 0.6) is 0 Å². The summed E-state index contributed by atoms with van der Waals surface area (Å²) in [5.74, 6) is -0.238. The van der Waals surface area contributed by atoms with Gasteiger partial charge in [-0.15, -0.1) is 0 Å². The van der Waals surface area contributed by atoms with Gasteiger partial charge >= 0.3 is 5.97 Å². The van der Waals surface area contributed by atoms with E-state index in [1.807, 2.05) is 48.5 Å². The fourth-order valence-electron chi connectivity index (χ4n) is 3.90. The van der Waals surface area contributed by atoms with Crippen LogP contribution in [-0.2, 0) is 4.79 Å². The monoisotopic (exact) mass is 447 g/mol. The molecule has 1 N–H and O–H groups in total. The normalized spacial score (nSPS) is 19.2. The maximum Gasteiger partial charge on any atom is 0.313 e. The Bertz CT molecular complexity index is 986. The molecule has 0 atom stereocenters. The second-order valence-electron chi connectivity index (χ2n) is 7.04. The highest BCUT2D eigenvalue weighted by Gasteiger charge is 2.51. The van der Waals surface area contributed by atoms with Gasteiger partial charge in [-0.3, -0.25) is 4.79 Å². The molecule has 1 spiro atoms. The lowest BCUT2D eigenvalue weighted by Crippen LogP contribution is -2.49. The van der Waals surface area contributed by atoms with Crippen LogP contribution in [-0.4, -0.2) is 33.4 Å². The zero-order chi connectivity index (χ0) is 20.4. The summed E-state index contributed by atoms with van der Waals surface area (Å²) in [6, 6.07) is 14.9. The molecule has 1 saturated carbocycles. The number of anilines is 1. The number of carboxylic acids is 1. The van der Waals surface area contributed by atoms with Crippen molar-refractivity contribution >= 4 is 63.3 Å². The lowest BCUT2D eigenvalue weighted by molar-refractivity contribution is -0.133. The number of halogens is 2. The van der Waals surface area contributed by atoms with Crippen molar-refractivity contribution in [3.05, 3.63) is 58.6 Å². The predicted octanol–water partition coefficient (Wildman–Crippen LogP) is 6.03. The van der Waals surface area contributed by atoms with E-state index in [0.717, 1.165) is 37.1 Å². The van der Waals surface area contributed by atoms with Crippen molar-refractivity contribution in [1.29, 1.82) is 0 Å². The third-order valence-corrected chi connectivity index (χ3v) is 6.53. The van der Waals surface area contributed by atoms with Gasteiger partial charge < -0.3 is 10.0 Å². The highest BCUT2D eigenvalue weighted by atomic mass is 35.5. The number of aliphatic carboxylic acids is 1. The van der Waals surface area contributed by atoms with E-state index in [1.165, 1.54) is 11.8 Å². The number of aliphatic imine (C=N–C) groups is 2. The van der Waals surface area contributed by atoms with Crippen LogP contribution < -0.4 is 4.90 Å². The standard InChI is InChI=1S/C21H19Cl2N3O2S/c22-14-6-8-17(9-7-14)26-20(29-13-18(27)28)25-19(21(26)10-1-2-11-21)24-16-5-3-4-15(23)12-16/h3-9,12H,1-2,10-11,13H2,(H,27,28). The number of rotatable bonds is 4. The Balaban J connectivity index is 1.81. The van der Waals surface area contributed by atoms with Crippen molar-refractivity contribution in [1.82, 2.24) is 0 Å². The SMILES string of the molecule is O=C(O)CSC1=NC(=Nc2cccc(Cl)c2)C2(CCCC2)N1c1ccc(Cl)cc1. The minimum Gasteiger partial charge on any atom is -0.481 e. The number of carbonyl (C=O) groups is 1. The van der Waals surface area contributed by atoms with Gasteiger partial charge in [-0.25, -0.2) is 9.98 Å². The molecule has 2 aromatic carbocycles. The summed E-state index contributed by atoms with van der Waals surface area (Å²) in [6.07, 6.45) is 3.92. The Kier molecular flexibility index (Phi) is 5.86. The third-order valence-electron chi connectivity index (χ3n) is 5.12. The summed E-state index contributed by atoms with van der Waals surface area (Å²) in [7, 11) is 0. The third kappa shape index (κ3) is 4.15. The Labute approximate surface area is 183 Å². The molecule has 29 heavy (non-hydrogen) atoms. The van der Waals surface area contributed by atoms with Crippen LogP contribution in [0.4, 0.5) is 11.4 Å². The maximum absolute atomic E-state index is 11.2. The predicted molar refractivity (Wildman–Crippen MR) is 121 cm³/mol. The van der Waals surface area contributed by atoms with Gasteiger partial charge in [0, 0.05) is 15.7 Å². The molecule has 5 nitrogen and oxygen atoms in total. The molecule has 150 valence electrons. The number of amidine groups is 2. The second kappa shape index (κ2) is 8.38. The molecule has 0 saturated heterocycles. The van der Waals surface area contributed by atoms with Gasteiger partial charge in [-0.2, -0.15) is 0 Å². The van der Waals surface area contributed by atoms with Crippen molar-refractivity contribution in [2.75, 3.05) is 10.7 Å². The Morgan fingerprint density at radius 1 is 1.14 bits per heavy atom. The minimum atomic E-state index is -0.880. The molecule has 1 aliphatic heterocycles. The molecule has 1 aliphatic carbocycles. The van der Waals surface area contributed by atoms with E-state index in [2.05, 4.69) is 4.90 Å². The molecule has 8 heteroatoms. The fourth-order valence-corrected chi connectivity index (χ4v) is 5.03. The highest BCUT2D eigenvalue weighted by molar-refractivity contribution is 8.14. The van der Waals surface area contributed by atoms with Crippen molar-refractivity contribution < 1.29 is 9.90 Å². The number of hydrogen-bond acceptors (Lipinski definition) is 4. The minimum absolute atomic E-state index is 0.0660. The summed E-state index contributed by atoms with van der Waals surface area (Å²) < 4.78 is 0. The van der Waals surface area contributed by atoms with Gasteiger partial charge in [0.1, 0.15) is 5.54 Å². The van der Waals surface area contributed by atoms with Gasteiger partial charge in [-0.1, -0.05) is 53.9 Å². The average Bonchev–Trinajstić information content (AvgIpc) is 3.28. The van der Waals surface area contributed by atoms with Crippen molar-refractivity contribution in [2.24, 2.45) is 9.98 Å². The molecular formula is C21H19Cl2N3O2S. The smallest absolute Gasteiger partial charge is 0.313 e. The molecule has 2 aliphatic rings. The molecule has 0 bridgehead atoms. The van der Waals surface area contributed by atoms with E-state index in [1.54, 1.807) is 0 Å². The van der Waals surface area contributed by atoms with Gasteiger partial charge in [0.2, 0.25) is 0 Å². The summed E-state index contributed by atoms with van der Waals surface area (Å²) >= 11 is 13.4. The zero-order valence-corrected chi connectivity index (χ0v) is 17.8. The Morgan fingerprint density at radius 2 is 1.86 bits per heavy atom. The Morgan fingerprint density at radius 3 is 2.52 bits per heavy atom. The first-order valence-electron chi connectivity index (χ1n) is 9.32. The lowest BCUT2D eigenvalue weighted by atomic mass is 9.94. The Hall–Kier alpha value is -2.02. The number of nitrogens with zero attached hydrogens (tertiary/aromatic N) is 3. The molecule has 0 aromatic heterocycles. The number of thioether (sulfide) groups is 1. The van der Waals surface area contributed by atoms with E-state index < -0.39 is 11.5 Å². The van der Waals surface area contributed by atoms with Crippen LogP contribution in [0.3, 0.4) is 0 Å². The number of hydrogen-bond donors (Lipinski definition) is 1. The molecule has 2 aromatic rings. The number of carboxylic acid groups (broad SMARTS) is 1. The second-order valence-corrected chi connectivity index (χ2v) is 8.86. The van der Waals surface area contributed by atoms with Gasteiger partial charge in [0.05, 0.1) is 11.4 Å². The van der Waals surface area contributed by atoms with Crippen LogP contribution >= 0.6 is 35.0 Å². The first-order chi connectivity index (χ1) is 14.0. The summed E-state index contributed by atoms with van der Waals surface area (Å²) in [6.45, 7) is 0. The van der Waals surface area contributed by atoms with Gasteiger partial charge in [0.15, 0.2) is 11.0 Å². The molecule has 0 radical (unpaired) electrons. The maximum atomic E-state index is 11.2. The average molecular weight is 448 g/mol. The van der Waals surface area contributed by atoms with Crippen LogP contribution in [0.2, 0.25) is 10.0 Å². The van der Waals surface area contributed by atoms with E-state index in [9.17, 15) is 9.90 Å². The van der Waals surface area contributed by atoms with Crippen LogP contribution in [0.15, 0.2) is 58.5 Å². The van der Waals surface area contributed by atoms with E-state index in [4.69, 9.17) is 33.2 Å². The van der Waals surface area contributed by atoms with E-state index >= 15 is 0 Å².